The lowest BCUT2D eigenvalue weighted by Gasteiger charge is -2.28. The van der Waals surface area contributed by atoms with Crippen molar-refractivity contribution in [2.24, 2.45) is 4.99 Å². The Kier molecular flexibility index (Phi) is 10.6. The standard InChI is InChI=1S/C19H27F3N4O.HI/c1-2-23-18(25-12-10-19(20,21)22)24-11-5-8-17(27)26-13-9-15-6-3-4-7-16(15)14-26;/h3-4,6-7H,2,5,8-14H2,1H3,(H2,23,24,25);1H. The number of carbonyl (C=O) groups is 1. The third-order valence-electron chi connectivity index (χ3n) is 4.35. The Morgan fingerprint density at radius 2 is 1.93 bits per heavy atom. The summed E-state index contributed by atoms with van der Waals surface area (Å²) < 4.78 is 36.6. The number of hydrogen-bond donors (Lipinski definition) is 2. The number of carbonyl (C=O) groups excluding carboxylic acids is 1. The van der Waals surface area contributed by atoms with Crippen LogP contribution in [0.2, 0.25) is 0 Å². The van der Waals surface area contributed by atoms with Gasteiger partial charge in [0.25, 0.3) is 0 Å². The van der Waals surface area contributed by atoms with Crippen LogP contribution in [0.15, 0.2) is 29.3 Å². The lowest BCUT2D eigenvalue weighted by atomic mass is 9.99. The minimum absolute atomic E-state index is 0. The van der Waals surface area contributed by atoms with Gasteiger partial charge in [-0.2, -0.15) is 13.2 Å². The molecule has 0 aromatic heterocycles. The van der Waals surface area contributed by atoms with Gasteiger partial charge in [0, 0.05) is 39.1 Å². The Balaban J connectivity index is 0.00000392. The Labute approximate surface area is 181 Å². The summed E-state index contributed by atoms with van der Waals surface area (Å²) in [7, 11) is 0. The molecule has 1 aromatic carbocycles. The minimum atomic E-state index is -4.19. The highest BCUT2D eigenvalue weighted by molar-refractivity contribution is 14.0. The second kappa shape index (κ2) is 12.1. The molecule has 1 amide bonds. The highest BCUT2D eigenvalue weighted by atomic mass is 127. The van der Waals surface area contributed by atoms with Crippen LogP contribution in [0, 0.1) is 0 Å². The van der Waals surface area contributed by atoms with Gasteiger partial charge in [0.15, 0.2) is 5.96 Å². The van der Waals surface area contributed by atoms with E-state index in [9.17, 15) is 18.0 Å². The summed E-state index contributed by atoms with van der Waals surface area (Å²) in [5.41, 5.74) is 2.49. The highest BCUT2D eigenvalue weighted by Gasteiger charge is 2.26. The number of hydrogen-bond acceptors (Lipinski definition) is 2. The van der Waals surface area contributed by atoms with E-state index in [2.05, 4.69) is 21.7 Å². The fourth-order valence-electron chi connectivity index (χ4n) is 2.95. The molecular formula is C19H28F3IN4O. The van der Waals surface area contributed by atoms with Gasteiger partial charge in [-0.15, -0.1) is 24.0 Å². The maximum absolute atomic E-state index is 12.4. The van der Waals surface area contributed by atoms with Gasteiger partial charge in [0.05, 0.1) is 6.42 Å². The van der Waals surface area contributed by atoms with Gasteiger partial charge in [0.2, 0.25) is 5.91 Å². The normalized spacial score (nSPS) is 14.1. The molecule has 28 heavy (non-hydrogen) atoms. The second-order valence-electron chi connectivity index (χ2n) is 6.49. The van der Waals surface area contributed by atoms with Crippen LogP contribution in [0.3, 0.4) is 0 Å². The van der Waals surface area contributed by atoms with Crippen molar-refractivity contribution in [2.75, 3.05) is 26.2 Å². The first kappa shape index (κ1) is 24.5. The maximum Gasteiger partial charge on any atom is 0.390 e. The number of nitrogens with one attached hydrogen (secondary N) is 2. The first-order valence-corrected chi connectivity index (χ1v) is 9.32. The van der Waals surface area contributed by atoms with Crippen LogP contribution in [0.5, 0.6) is 0 Å². The SMILES string of the molecule is CCNC(=NCCCC(=O)N1CCc2ccccc2C1)NCCC(F)(F)F.I. The van der Waals surface area contributed by atoms with E-state index in [4.69, 9.17) is 0 Å². The topological polar surface area (TPSA) is 56.7 Å². The van der Waals surface area contributed by atoms with E-state index in [0.717, 1.165) is 13.0 Å². The largest absolute Gasteiger partial charge is 0.390 e. The van der Waals surface area contributed by atoms with Gasteiger partial charge in [0.1, 0.15) is 0 Å². The summed E-state index contributed by atoms with van der Waals surface area (Å²) in [6, 6.07) is 8.14. The van der Waals surface area contributed by atoms with Gasteiger partial charge in [-0.1, -0.05) is 24.3 Å². The van der Waals surface area contributed by atoms with Crippen LogP contribution in [0.25, 0.3) is 0 Å². The van der Waals surface area contributed by atoms with Crippen LogP contribution < -0.4 is 10.6 Å². The molecule has 0 saturated heterocycles. The number of nitrogens with zero attached hydrogens (tertiary/aromatic N) is 2. The number of benzene rings is 1. The van der Waals surface area contributed by atoms with Crippen LogP contribution in [-0.4, -0.2) is 49.1 Å². The summed E-state index contributed by atoms with van der Waals surface area (Å²) in [6.07, 6.45) is -3.29. The number of halogens is 4. The van der Waals surface area contributed by atoms with E-state index in [0.29, 0.717) is 38.4 Å². The fourth-order valence-corrected chi connectivity index (χ4v) is 2.95. The summed E-state index contributed by atoms with van der Waals surface area (Å²) in [6.45, 7) is 3.93. The molecule has 158 valence electrons. The minimum Gasteiger partial charge on any atom is -0.357 e. The van der Waals surface area contributed by atoms with Crippen LogP contribution in [-0.2, 0) is 17.8 Å². The van der Waals surface area contributed by atoms with Crippen molar-refractivity contribution in [1.29, 1.82) is 0 Å². The molecule has 9 heteroatoms. The molecule has 1 aliphatic rings. The average Bonchev–Trinajstić information content (AvgIpc) is 2.63. The third kappa shape index (κ3) is 8.66. The molecule has 0 bridgehead atoms. The lowest BCUT2D eigenvalue weighted by molar-refractivity contribution is -0.133. The van der Waals surface area contributed by atoms with Gasteiger partial charge >= 0.3 is 6.18 Å². The Bertz CT molecular complexity index is 652. The average molecular weight is 512 g/mol. The number of aliphatic imine (C=N–C) groups is 1. The molecule has 0 aliphatic carbocycles. The molecule has 0 spiro atoms. The van der Waals surface area contributed by atoms with Crippen LogP contribution >= 0.6 is 24.0 Å². The predicted molar refractivity (Wildman–Crippen MR) is 115 cm³/mol. The monoisotopic (exact) mass is 512 g/mol. The van der Waals surface area contributed by atoms with E-state index in [1.807, 2.05) is 30.0 Å². The highest BCUT2D eigenvalue weighted by Crippen LogP contribution is 2.19. The molecule has 0 saturated carbocycles. The van der Waals surface area contributed by atoms with Crippen molar-refractivity contribution in [3.8, 4) is 0 Å². The molecule has 0 fully saturated rings. The zero-order valence-corrected chi connectivity index (χ0v) is 18.3. The van der Waals surface area contributed by atoms with Crippen molar-refractivity contribution in [3.63, 3.8) is 0 Å². The maximum atomic E-state index is 12.4. The Morgan fingerprint density at radius 3 is 2.61 bits per heavy atom. The van der Waals surface area contributed by atoms with Gasteiger partial charge in [-0.05, 0) is 30.9 Å². The number of alkyl halides is 3. The smallest absolute Gasteiger partial charge is 0.357 e. The van der Waals surface area contributed by atoms with E-state index in [-0.39, 0.29) is 36.4 Å². The molecule has 2 rings (SSSR count). The Hall–Kier alpha value is -1.52. The molecule has 0 unspecified atom stereocenters. The molecule has 1 aliphatic heterocycles. The van der Waals surface area contributed by atoms with E-state index < -0.39 is 12.6 Å². The second-order valence-corrected chi connectivity index (χ2v) is 6.49. The summed E-state index contributed by atoms with van der Waals surface area (Å²) >= 11 is 0. The van der Waals surface area contributed by atoms with E-state index in [1.165, 1.54) is 11.1 Å². The van der Waals surface area contributed by atoms with E-state index in [1.54, 1.807) is 0 Å². The molecule has 1 heterocycles. The molecule has 0 radical (unpaired) electrons. The van der Waals surface area contributed by atoms with Gasteiger partial charge in [-0.3, -0.25) is 9.79 Å². The molecule has 5 nitrogen and oxygen atoms in total. The van der Waals surface area contributed by atoms with Crippen molar-refractivity contribution < 1.29 is 18.0 Å². The van der Waals surface area contributed by atoms with Gasteiger partial charge in [-0.25, -0.2) is 0 Å². The zero-order valence-electron chi connectivity index (χ0n) is 16.0. The van der Waals surface area contributed by atoms with Crippen molar-refractivity contribution >= 4 is 35.8 Å². The lowest BCUT2D eigenvalue weighted by Crippen LogP contribution is -2.39. The number of amides is 1. The molecule has 1 aromatic rings. The molecule has 2 N–H and O–H groups in total. The number of guanidine groups is 1. The predicted octanol–water partition coefficient (Wildman–Crippen LogP) is 3.48. The zero-order chi connectivity index (χ0) is 19.7. The molecular weight excluding hydrogens is 484 g/mol. The van der Waals surface area contributed by atoms with E-state index >= 15 is 0 Å². The van der Waals surface area contributed by atoms with Crippen molar-refractivity contribution in [2.45, 2.75) is 45.3 Å². The van der Waals surface area contributed by atoms with Crippen LogP contribution in [0.4, 0.5) is 13.2 Å². The first-order chi connectivity index (χ1) is 12.9. The number of rotatable bonds is 7. The summed E-state index contributed by atoms with van der Waals surface area (Å²) in [5, 5.41) is 5.57. The fraction of sp³-hybridized carbons (Fsp3) is 0.579. The third-order valence-corrected chi connectivity index (χ3v) is 4.35. The summed E-state index contributed by atoms with van der Waals surface area (Å²) in [4.78, 5) is 18.5. The summed E-state index contributed by atoms with van der Waals surface area (Å²) in [5.74, 6) is 0.441. The quantitative estimate of drug-likeness (QED) is 0.255. The number of fused-ring (bicyclic) bond motifs is 1. The van der Waals surface area contributed by atoms with Gasteiger partial charge < -0.3 is 15.5 Å². The first-order valence-electron chi connectivity index (χ1n) is 9.32. The van der Waals surface area contributed by atoms with Crippen LogP contribution in [0.1, 0.15) is 37.3 Å². The van der Waals surface area contributed by atoms with Crippen molar-refractivity contribution in [1.82, 2.24) is 15.5 Å². The van der Waals surface area contributed by atoms with Crippen molar-refractivity contribution in [3.05, 3.63) is 35.4 Å². The molecule has 0 atom stereocenters. The Morgan fingerprint density at radius 1 is 1.21 bits per heavy atom.